The van der Waals surface area contributed by atoms with Crippen molar-refractivity contribution in [3.8, 4) is 0 Å². The topological polar surface area (TPSA) is 42.9 Å². The highest BCUT2D eigenvalue weighted by Crippen LogP contribution is 2.31. The average Bonchev–Trinajstić information content (AvgIpc) is 2.62. The van der Waals surface area contributed by atoms with Crippen LogP contribution in [0.5, 0.6) is 0 Å². The van der Waals surface area contributed by atoms with E-state index >= 15 is 0 Å². The molecule has 2 saturated heterocycles. The van der Waals surface area contributed by atoms with Crippen LogP contribution in [-0.2, 0) is 0 Å². The molecule has 5 heteroatoms. The number of nitrogens with one attached hydrogen (secondary N) is 2. The molecule has 0 radical (unpaired) electrons. The van der Waals surface area contributed by atoms with E-state index in [0.29, 0.717) is 6.04 Å². The molecule has 0 aromatic carbocycles. The molecule has 0 aromatic rings. The van der Waals surface area contributed by atoms with Gasteiger partial charge in [0.2, 0.25) is 0 Å². The lowest BCUT2D eigenvalue weighted by Gasteiger charge is -2.49. The Labute approximate surface area is 149 Å². The Bertz CT molecular complexity index is 381. The van der Waals surface area contributed by atoms with Crippen molar-refractivity contribution in [2.45, 2.75) is 70.9 Å². The molecule has 0 aromatic heterocycles. The van der Waals surface area contributed by atoms with Gasteiger partial charge >= 0.3 is 0 Å². The van der Waals surface area contributed by atoms with Gasteiger partial charge < -0.3 is 15.5 Å². The number of hydrogen-bond donors (Lipinski definition) is 2. The summed E-state index contributed by atoms with van der Waals surface area (Å²) in [5.74, 6) is 0.988. The maximum atomic E-state index is 5.03. The summed E-state index contributed by atoms with van der Waals surface area (Å²) in [4.78, 5) is 10.3. The van der Waals surface area contributed by atoms with Crippen LogP contribution in [0.1, 0.15) is 59.3 Å². The zero-order valence-corrected chi connectivity index (χ0v) is 16.4. The molecule has 0 aliphatic carbocycles. The quantitative estimate of drug-likeness (QED) is 0.576. The van der Waals surface area contributed by atoms with E-state index in [1.165, 1.54) is 58.3 Å². The van der Waals surface area contributed by atoms with Crippen LogP contribution < -0.4 is 10.6 Å². The Hall–Kier alpha value is -0.810. The first-order valence-electron chi connectivity index (χ1n) is 10.1. The Morgan fingerprint density at radius 3 is 2.33 bits per heavy atom. The highest BCUT2D eigenvalue weighted by atomic mass is 15.3. The molecule has 0 amide bonds. The third-order valence-corrected chi connectivity index (χ3v) is 5.82. The van der Waals surface area contributed by atoms with E-state index in [1.54, 1.807) is 0 Å². The van der Waals surface area contributed by atoms with Crippen LogP contribution in [0.3, 0.4) is 0 Å². The fraction of sp³-hybridized carbons (Fsp3) is 0.947. The zero-order chi connectivity index (χ0) is 17.4. The van der Waals surface area contributed by atoms with Crippen molar-refractivity contribution in [2.24, 2.45) is 4.99 Å². The molecule has 1 atom stereocenters. The summed E-state index contributed by atoms with van der Waals surface area (Å²) in [7, 11) is 2.25. The highest BCUT2D eigenvalue weighted by molar-refractivity contribution is 5.80. The van der Waals surface area contributed by atoms with Crippen LogP contribution in [0, 0.1) is 0 Å². The highest BCUT2D eigenvalue weighted by Gasteiger charge is 2.39. The Kier molecular flexibility index (Phi) is 7.82. The van der Waals surface area contributed by atoms with Crippen molar-refractivity contribution >= 4 is 5.96 Å². The van der Waals surface area contributed by atoms with Gasteiger partial charge in [-0.1, -0.05) is 13.3 Å². The van der Waals surface area contributed by atoms with E-state index in [-0.39, 0.29) is 5.54 Å². The molecule has 0 spiro atoms. The van der Waals surface area contributed by atoms with Gasteiger partial charge in [-0.3, -0.25) is 9.89 Å². The van der Waals surface area contributed by atoms with Gasteiger partial charge in [0.05, 0.1) is 6.54 Å². The van der Waals surface area contributed by atoms with Crippen LogP contribution in [0.15, 0.2) is 4.99 Å². The SMILES string of the molecule is CCNC(=NCC1(N2CCCCC2)CCN(C)CC1)NC(C)CC. The third-order valence-electron chi connectivity index (χ3n) is 5.82. The second-order valence-electron chi connectivity index (χ2n) is 7.72. The Morgan fingerprint density at radius 1 is 1.08 bits per heavy atom. The molecule has 0 bridgehead atoms. The summed E-state index contributed by atoms with van der Waals surface area (Å²) in [5, 5.41) is 6.97. The number of guanidine groups is 1. The number of likely N-dealkylation sites (tertiary alicyclic amines) is 2. The molecule has 2 aliphatic heterocycles. The fourth-order valence-corrected chi connectivity index (χ4v) is 3.86. The molecule has 2 N–H and O–H groups in total. The minimum atomic E-state index is 0.269. The summed E-state index contributed by atoms with van der Waals surface area (Å²) in [5.41, 5.74) is 0.269. The monoisotopic (exact) mass is 337 g/mol. The normalized spacial score (nSPS) is 24.6. The molecule has 1 unspecified atom stereocenters. The number of rotatable bonds is 6. The van der Waals surface area contributed by atoms with Crippen LogP contribution in [0.25, 0.3) is 0 Å². The van der Waals surface area contributed by atoms with E-state index in [0.717, 1.165) is 25.5 Å². The van der Waals surface area contributed by atoms with Crippen molar-refractivity contribution < 1.29 is 0 Å². The molecule has 2 fully saturated rings. The fourth-order valence-electron chi connectivity index (χ4n) is 3.86. The second kappa shape index (κ2) is 9.62. The predicted molar refractivity (Wildman–Crippen MR) is 104 cm³/mol. The van der Waals surface area contributed by atoms with Crippen molar-refractivity contribution in [1.82, 2.24) is 20.4 Å². The van der Waals surface area contributed by atoms with Gasteiger partial charge in [0.1, 0.15) is 0 Å². The molecule has 140 valence electrons. The lowest BCUT2D eigenvalue weighted by molar-refractivity contribution is 0.0208. The van der Waals surface area contributed by atoms with Gasteiger partial charge in [0, 0.05) is 18.1 Å². The predicted octanol–water partition coefficient (Wildman–Crippen LogP) is 2.29. The first-order chi connectivity index (χ1) is 11.6. The summed E-state index contributed by atoms with van der Waals surface area (Å²) >= 11 is 0. The third kappa shape index (κ3) is 5.35. The summed E-state index contributed by atoms with van der Waals surface area (Å²) < 4.78 is 0. The molecular weight excluding hydrogens is 298 g/mol. The smallest absolute Gasteiger partial charge is 0.191 e. The van der Waals surface area contributed by atoms with Gasteiger partial charge in [-0.2, -0.15) is 0 Å². The minimum absolute atomic E-state index is 0.269. The number of nitrogens with zero attached hydrogens (tertiary/aromatic N) is 3. The van der Waals surface area contributed by atoms with Crippen molar-refractivity contribution in [1.29, 1.82) is 0 Å². The maximum Gasteiger partial charge on any atom is 0.191 e. The molecule has 0 saturated carbocycles. The van der Waals surface area contributed by atoms with E-state index in [1.807, 2.05) is 0 Å². The van der Waals surface area contributed by atoms with Gasteiger partial charge in [-0.05, 0) is 79.2 Å². The zero-order valence-electron chi connectivity index (χ0n) is 16.4. The van der Waals surface area contributed by atoms with E-state index < -0.39 is 0 Å². The first-order valence-corrected chi connectivity index (χ1v) is 10.1. The summed E-state index contributed by atoms with van der Waals surface area (Å²) in [6.07, 6.45) is 7.71. The lowest BCUT2D eigenvalue weighted by atomic mass is 9.84. The van der Waals surface area contributed by atoms with Gasteiger partial charge in [0.15, 0.2) is 5.96 Å². The van der Waals surface area contributed by atoms with Crippen LogP contribution in [0.4, 0.5) is 0 Å². The largest absolute Gasteiger partial charge is 0.357 e. The van der Waals surface area contributed by atoms with Crippen LogP contribution in [-0.4, -0.2) is 73.7 Å². The van der Waals surface area contributed by atoms with Crippen molar-refractivity contribution in [3.63, 3.8) is 0 Å². The summed E-state index contributed by atoms with van der Waals surface area (Å²) in [6.45, 7) is 13.3. The molecule has 5 nitrogen and oxygen atoms in total. The van der Waals surface area contributed by atoms with E-state index in [2.05, 4.69) is 48.3 Å². The first kappa shape index (κ1) is 19.5. The second-order valence-corrected chi connectivity index (χ2v) is 7.72. The Balaban J connectivity index is 2.09. The number of hydrogen-bond acceptors (Lipinski definition) is 3. The molecule has 2 heterocycles. The van der Waals surface area contributed by atoms with Gasteiger partial charge in [-0.15, -0.1) is 0 Å². The van der Waals surface area contributed by atoms with E-state index in [4.69, 9.17) is 4.99 Å². The van der Waals surface area contributed by atoms with Gasteiger partial charge in [-0.25, -0.2) is 0 Å². The molecule has 2 aliphatic rings. The minimum Gasteiger partial charge on any atom is -0.357 e. The Morgan fingerprint density at radius 2 is 1.75 bits per heavy atom. The van der Waals surface area contributed by atoms with Crippen molar-refractivity contribution in [2.75, 3.05) is 46.3 Å². The lowest BCUT2D eigenvalue weighted by Crippen LogP contribution is -2.58. The number of aliphatic imine (C=N–C) groups is 1. The maximum absolute atomic E-state index is 5.03. The van der Waals surface area contributed by atoms with Crippen molar-refractivity contribution in [3.05, 3.63) is 0 Å². The molecular formula is C19H39N5. The summed E-state index contributed by atoms with van der Waals surface area (Å²) in [6, 6.07) is 0.464. The number of piperidine rings is 2. The molecule has 24 heavy (non-hydrogen) atoms. The van der Waals surface area contributed by atoms with Crippen LogP contribution in [0.2, 0.25) is 0 Å². The average molecular weight is 338 g/mol. The standard InChI is InChI=1S/C19H39N5/c1-5-17(3)22-18(20-6-2)21-16-19(10-14-23(4)15-11-19)24-12-8-7-9-13-24/h17H,5-16H2,1-4H3,(H2,20,21,22). The van der Waals surface area contributed by atoms with Crippen LogP contribution >= 0.6 is 0 Å². The van der Waals surface area contributed by atoms with E-state index in [9.17, 15) is 0 Å². The van der Waals surface area contributed by atoms with Gasteiger partial charge in [0.25, 0.3) is 0 Å². The molecule has 2 rings (SSSR count).